The highest BCUT2D eigenvalue weighted by Gasteiger charge is 2.35. The zero-order valence-corrected chi connectivity index (χ0v) is 8.62. The Morgan fingerprint density at radius 3 is 2.44 bits per heavy atom. The minimum atomic E-state index is -3.50. The van der Waals surface area contributed by atoms with Gasteiger partial charge in [0, 0.05) is 6.92 Å². The zero-order valence-electron chi connectivity index (χ0n) is 8.62. The van der Waals surface area contributed by atoms with Gasteiger partial charge < -0.3 is 4.74 Å². The Bertz CT molecular complexity index is 346. The molecule has 0 spiro atoms. The molecular weight excluding hydrogens is 221 g/mol. The Hall–Kier alpha value is -1.52. The molecule has 0 aliphatic heterocycles. The Labute approximate surface area is 91.0 Å². The average molecular weight is 232 g/mol. The van der Waals surface area contributed by atoms with Gasteiger partial charge in [0.2, 0.25) is 0 Å². The molecule has 0 aliphatic rings. The number of halogens is 3. The van der Waals surface area contributed by atoms with Gasteiger partial charge in [0.25, 0.3) is 5.92 Å². The van der Waals surface area contributed by atoms with Crippen molar-refractivity contribution in [2.45, 2.75) is 19.0 Å². The van der Waals surface area contributed by atoms with Crippen molar-refractivity contribution in [3.05, 3.63) is 35.9 Å². The van der Waals surface area contributed by atoms with Gasteiger partial charge in [-0.2, -0.15) is 0 Å². The summed E-state index contributed by atoms with van der Waals surface area (Å²) in [5.41, 5.74) is 0.203. The summed E-state index contributed by atoms with van der Waals surface area (Å²) in [7, 11) is 0. The van der Waals surface area contributed by atoms with Gasteiger partial charge in [0.15, 0.2) is 6.17 Å². The lowest BCUT2D eigenvalue weighted by atomic mass is 10.2. The monoisotopic (exact) mass is 232 g/mol. The molecule has 0 amide bonds. The molecular formula is C11H11F3O2. The third-order valence-corrected chi connectivity index (χ3v) is 1.92. The molecule has 0 bridgehead atoms. The fraction of sp³-hybridized carbons (Fsp3) is 0.364. The van der Waals surface area contributed by atoms with Crippen molar-refractivity contribution >= 4 is 5.97 Å². The van der Waals surface area contributed by atoms with Crippen LogP contribution in [-0.4, -0.2) is 24.7 Å². The number of ether oxygens (including phenoxy) is 1. The first-order chi connectivity index (χ1) is 7.41. The maximum absolute atomic E-state index is 12.8. The van der Waals surface area contributed by atoms with E-state index in [1.165, 1.54) is 12.1 Å². The molecule has 1 atom stereocenters. The quantitative estimate of drug-likeness (QED) is 0.746. The molecule has 1 rings (SSSR count). The molecule has 0 heterocycles. The van der Waals surface area contributed by atoms with Crippen LogP contribution in [0.25, 0.3) is 0 Å². The predicted octanol–water partition coefficient (Wildman–Crippen LogP) is 2.84. The number of alkyl halides is 3. The lowest BCUT2D eigenvalue weighted by Gasteiger charge is -2.15. The van der Waals surface area contributed by atoms with E-state index in [2.05, 4.69) is 4.74 Å². The molecule has 0 aromatic heterocycles. The molecule has 0 radical (unpaired) electrons. The summed E-state index contributed by atoms with van der Waals surface area (Å²) >= 11 is 0. The molecule has 2 nitrogen and oxygen atoms in total. The van der Waals surface area contributed by atoms with E-state index in [1.807, 2.05) is 0 Å². The van der Waals surface area contributed by atoms with Gasteiger partial charge in [0.1, 0.15) is 6.61 Å². The average Bonchev–Trinajstić information content (AvgIpc) is 2.25. The van der Waals surface area contributed by atoms with Crippen LogP contribution in [0, 0.1) is 0 Å². The number of carbonyl (C=O) groups is 1. The first kappa shape index (κ1) is 12.5. The van der Waals surface area contributed by atoms with Crippen LogP contribution in [0.3, 0.4) is 0 Å². The molecule has 0 fully saturated rings. The number of benzene rings is 1. The smallest absolute Gasteiger partial charge is 0.338 e. The number of esters is 1. The Morgan fingerprint density at radius 1 is 1.38 bits per heavy atom. The maximum Gasteiger partial charge on any atom is 0.338 e. The highest BCUT2D eigenvalue weighted by molar-refractivity contribution is 5.89. The second kappa shape index (κ2) is 5.01. The molecule has 0 saturated heterocycles. The van der Waals surface area contributed by atoms with Crippen molar-refractivity contribution in [2.24, 2.45) is 0 Å². The van der Waals surface area contributed by atoms with Crippen LogP contribution in [0.2, 0.25) is 0 Å². The number of carbonyl (C=O) groups excluding carboxylic acids is 1. The van der Waals surface area contributed by atoms with Gasteiger partial charge in [-0.15, -0.1) is 0 Å². The van der Waals surface area contributed by atoms with Crippen LogP contribution < -0.4 is 0 Å². The molecule has 88 valence electrons. The molecule has 1 unspecified atom stereocenters. The van der Waals surface area contributed by atoms with E-state index in [0.29, 0.717) is 6.92 Å². The highest BCUT2D eigenvalue weighted by Crippen LogP contribution is 2.20. The van der Waals surface area contributed by atoms with Crippen molar-refractivity contribution in [3.63, 3.8) is 0 Å². The van der Waals surface area contributed by atoms with E-state index in [-0.39, 0.29) is 5.56 Å². The van der Waals surface area contributed by atoms with Crippen LogP contribution in [0.4, 0.5) is 13.2 Å². The summed E-state index contributed by atoms with van der Waals surface area (Å²) in [5, 5.41) is 0. The standard InChI is InChI=1S/C11H11F3O2/c1-11(13,14)9(12)7-16-10(15)8-5-3-2-4-6-8/h2-6,9H,7H2,1H3. The number of hydrogen-bond donors (Lipinski definition) is 0. The van der Waals surface area contributed by atoms with Crippen LogP contribution in [0.5, 0.6) is 0 Å². The van der Waals surface area contributed by atoms with E-state index in [0.717, 1.165) is 0 Å². The molecule has 5 heteroatoms. The van der Waals surface area contributed by atoms with Gasteiger partial charge in [-0.1, -0.05) is 18.2 Å². The van der Waals surface area contributed by atoms with Gasteiger partial charge in [-0.3, -0.25) is 0 Å². The summed E-state index contributed by atoms with van der Waals surface area (Å²) in [6, 6.07) is 7.80. The third kappa shape index (κ3) is 3.56. The SMILES string of the molecule is CC(F)(F)C(F)COC(=O)c1ccccc1. The fourth-order valence-corrected chi connectivity index (χ4v) is 0.953. The lowest BCUT2D eigenvalue weighted by Crippen LogP contribution is -2.31. The molecule has 1 aromatic carbocycles. The van der Waals surface area contributed by atoms with E-state index in [1.54, 1.807) is 18.2 Å². The van der Waals surface area contributed by atoms with Crippen molar-refractivity contribution in [1.29, 1.82) is 0 Å². The topological polar surface area (TPSA) is 26.3 Å². The van der Waals surface area contributed by atoms with Gasteiger partial charge in [-0.05, 0) is 12.1 Å². The summed E-state index contributed by atoms with van der Waals surface area (Å²) in [4.78, 5) is 11.2. The second-order valence-electron chi connectivity index (χ2n) is 3.39. The highest BCUT2D eigenvalue weighted by atomic mass is 19.3. The summed E-state index contributed by atoms with van der Waals surface area (Å²) in [5.74, 6) is -4.32. The number of rotatable bonds is 4. The molecule has 1 aromatic rings. The van der Waals surface area contributed by atoms with Crippen molar-refractivity contribution in [3.8, 4) is 0 Å². The second-order valence-corrected chi connectivity index (χ2v) is 3.39. The molecule has 0 aliphatic carbocycles. The Balaban J connectivity index is 2.48. The minimum absolute atomic E-state index is 0.203. The largest absolute Gasteiger partial charge is 0.459 e. The van der Waals surface area contributed by atoms with E-state index in [9.17, 15) is 18.0 Å². The van der Waals surface area contributed by atoms with Crippen LogP contribution in [-0.2, 0) is 4.74 Å². The van der Waals surface area contributed by atoms with Gasteiger partial charge in [-0.25, -0.2) is 18.0 Å². The van der Waals surface area contributed by atoms with Gasteiger partial charge in [0.05, 0.1) is 5.56 Å². The minimum Gasteiger partial charge on any atom is -0.459 e. The normalized spacial score (nSPS) is 13.2. The van der Waals surface area contributed by atoms with Crippen LogP contribution >= 0.6 is 0 Å². The summed E-state index contributed by atoms with van der Waals surface area (Å²) < 4.78 is 42.0. The van der Waals surface area contributed by atoms with E-state index < -0.39 is 24.7 Å². The predicted molar refractivity (Wildman–Crippen MR) is 52.2 cm³/mol. The van der Waals surface area contributed by atoms with Crippen molar-refractivity contribution < 1.29 is 22.7 Å². The summed E-state index contributed by atoms with van der Waals surface area (Å²) in [6.07, 6.45) is -2.49. The molecule has 0 saturated carbocycles. The van der Waals surface area contributed by atoms with Crippen LogP contribution in [0.15, 0.2) is 30.3 Å². The van der Waals surface area contributed by atoms with Crippen LogP contribution in [0.1, 0.15) is 17.3 Å². The lowest BCUT2D eigenvalue weighted by molar-refractivity contribution is -0.0770. The summed E-state index contributed by atoms with van der Waals surface area (Å²) in [6.45, 7) is -0.509. The Kier molecular flexibility index (Phi) is 3.93. The van der Waals surface area contributed by atoms with E-state index in [4.69, 9.17) is 0 Å². The van der Waals surface area contributed by atoms with E-state index >= 15 is 0 Å². The first-order valence-corrected chi connectivity index (χ1v) is 4.65. The zero-order chi connectivity index (χ0) is 12.2. The van der Waals surface area contributed by atoms with Crippen molar-refractivity contribution in [2.75, 3.05) is 6.61 Å². The molecule has 16 heavy (non-hydrogen) atoms. The first-order valence-electron chi connectivity index (χ1n) is 4.65. The maximum atomic E-state index is 12.8. The number of hydrogen-bond acceptors (Lipinski definition) is 2. The molecule has 0 N–H and O–H groups in total. The van der Waals surface area contributed by atoms with Gasteiger partial charge >= 0.3 is 5.97 Å². The fourth-order valence-electron chi connectivity index (χ4n) is 0.953. The Morgan fingerprint density at radius 2 is 1.94 bits per heavy atom. The third-order valence-electron chi connectivity index (χ3n) is 1.92. The van der Waals surface area contributed by atoms with Crippen molar-refractivity contribution in [1.82, 2.24) is 0 Å².